The number of halogens is 1. The normalized spacial score (nSPS) is 17.4. The molecule has 2 aromatic rings. The molecule has 0 bridgehead atoms. The topological polar surface area (TPSA) is 104 Å². The molecule has 0 spiro atoms. The van der Waals surface area contributed by atoms with E-state index in [-0.39, 0.29) is 42.7 Å². The van der Waals surface area contributed by atoms with Gasteiger partial charge in [0.1, 0.15) is 5.82 Å². The second-order valence-corrected chi connectivity index (χ2v) is 8.30. The van der Waals surface area contributed by atoms with Gasteiger partial charge in [-0.2, -0.15) is 0 Å². The second-order valence-electron chi connectivity index (χ2n) is 7.31. The molecule has 0 aliphatic carbocycles. The lowest BCUT2D eigenvalue weighted by atomic mass is 10.2. The number of imide groups is 2. The fraction of sp³-hybridized carbons (Fsp3) is 0.174. The lowest BCUT2D eigenvalue weighted by Crippen LogP contribution is -2.37. The Balaban J connectivity index is 1.32. The summed E-state index contributed by atoms with van der Waals surface area (Å²) in [4.78, 5) is 63.1. The van der Waals surface area contributed by atoms with E-state index in [1.807, 2.05) is 0 Å². The molecule has 10 heteroatoms. The van der Waals surface area contributed by atoms with Crippen LogP contribution in [0.3, 0.4) is 0 Å². The summed E-state index contributed by atoms with van der Waals surface area (Å²) >= 11 is 0.782. The van der Waals surface area contributed by atoms with Crippen molar-refractivity contribution < 1.29 is 28.4 Å². The van der Waals surface area contributed by atoms with Gasteiger partial charge < -0.3 is 5.32 Å². The molecule has 2 aromatic carbocycles. The first kappa shape index (κ1) is 22.4. The number of carbonyl (C=O) groups excluding carboxylic acids is 5. The minimum Gasteiger partial charge on any atom is -0.350 e. The summed E-state index contributed by atoms with van der Waals surface area (Å²) < 4.78 is 13.0. The number of hydrogen-bond donors (Lipinski definition) is 1. The van der Waals surface area contributed by atoms with Gasteiger partial charge in [0.15, 0.2) is 0 Å². The molecule has 4 rings (SSSR count). The van der Waals surface area contributed by atoms with E-state index in [1.54, 1.807) is 0 Å². The van der Waals surface area contributed by atoms with Gasteiger partial charge in [-0.15, -0.1) is 0 Å². The van der Waals surface area contributed by atoms with Crippen LogP contribution >= 0.6 is 11.8 Å². The van der Waals surface area contributed by atoms with Crippen molar-refractivity contribution >= 4 is 52.4 Å². The SMILES string of the molecule is O=C(NCCN1C(=O)S/C(=C\c2ccc(F)cc2)C1=O)c1ccc(N2C(=O)CCC2=O)cc1. The summed E-state index contributed by atoms with van der Waals surface area (Å²) in [6, 6.07) is 11.6. The number of hydrogen-bond acceptors (Lipinski definition) is 6. The standard InChI is InChI=1S/C23H18FN3O5S/c24-16-5-1-14(2-6-16)13-18-22(31)26(23(32)33-18)12-11-25-21(30)15-3-7-17(8-4-15)27-19(28)9-10-20(27)29/h1-8,13H,9-12H2,(H,25,30)/b18-13-. The van der Waals surface area contributed by atoms with Gasteiger partial charge in [-0.25, -0.2) is 4.39 Å². The Morgan fingerprint density at radius 1 is 0.970 bits per heavy atom. The van der Waals surface area contributed by atoms with Crippen LogP contribution in [0.15, 0.2) is 53.4 Å². The Morgan fingerprint density at radius 2 is 1.61 bits per heavy atom. The number of rotatable bonds is 6. The Morgan fingerprint density at radius 3 is 2.24 bits per heavy atom. The highest BCUT2D eigenvalue weighted by Gasteiger charge is 2.34. The van der Waals surface area contributed by atoms with E-state index in [9.17, 15) is 28.4 Å². The van der Waals surface area contributed by atoms with Crippen molar-refractivity contribution in [2.45, 2.75) is 12.8 Å². The van der Waals surface area contributed by atoms with Gasteiger partial charge in [0.25, 0.3) is 17.1 Å². The highest BCUT2D eigenvalue weighted by atomic mass is 32.2. The maximum absolute atomic E-state index is 13.0. The van der Waals surface area contributed by atoms with E-state index in [4.69, 9.17) is 0 Å². The first-order chi connectivity index (χ1) is 15.8. The number of nitrogens with zero attached hydrogens (tertiary/aromatic N) is 2. The van der Waals surface area contributed by atoms with Crippen LogP contribution in [0.25, 0.3) is 6.08 Å². The molecule has 2 saturated heterocycles. The van der Waals surface area contributed by atoms with Crippen LogP contribution in [0.4, 0.5) is 14.9 Å². The van der Waals surface area contributed by atoms with Crippen LogP contribution in [0.2, 0.25) is 0 Å². The predicted octanol–water partition coefficient (Wildman–Crippen LogP) is 2.95. The van der Waals surface area contributed by atoms with E-state index >= 15 is 0 Å². The van der Waals surface area contributed by atoms with Crippen LogP contribution in [-0.2, 0) is 14.4 Å². The largest absolute Gasteiger partial charge is 0.350 e. The summed E-state index contributed by atoms with van der Waals surface area (Å²) in [7, 11) is 0. The van der Waals surface area contributed by atoms with E-state index in [1.165, 1.54) is 54.6 Å². The first-order valence-corrected chi connectivity index (χ1v) is 10.9. The quantitative estimate of drug-likeness (QED) is 0.518. The number of benzene rings is 2. The van der Waals surface area contributed by atoms with Crippen molar-refractivity contribution in [2.24, 2.45) is 0 Å². The Labute approximate surface area is 192 Å². The summed E-state index contributed by atoms with van der Waals surface area (Å²) in [5.41, 5.74) is 1.31. The van der Waals surface area contributed by atoms with E-state index in [2.05, 4.69) is 5.32 Å². The lowest BCUT2D eigenvalue weighted by Gasteiger charge is -2.15. The Hall–Kier alpha value is -3.79. The van der Waals surface area contributed by atoms with E-state index in [0.717, 1.165) is 21.6 Å². The molecule has 0 unspecified atom stereocenters. The molecule has 2 aliphatic rings. The number of nitrogens with one attached hydrogen (secondary N) is 1. The molecule has 2 fully saturated rings. The van der Waals surface area contributed by atoms with Crippen LogP contribution in [0, 0.1) is 5.82 Å². The highest BCUT2D eigenvalue weighted by Crippen LogP contribution is 2.32. The molecule has 0 atom stereocenters. The molecule has 0 saturated carbocycles. The molecule has 2 aliphatic heterocycles. The molecule has 1 N–H and O–H groups in total. The molecule has 8 nitrogen and oxygen atoms in total. The number of anilines is 1. The second kappa shape index (κ2) is 9.37. The summed E-state index contributed by atoms with van der Waals surface area (Å²) in [5.74, 6) is -1.85. The molecular weight excluding hydrogens is 449 g/mol. The number of thioether (sulfide) groups is 1. The molecule has 5 amide bonds. The van der Waals surface area contributed by atoms with Crippen molar-refractivity contribution in [3.63, 3.8) is 0 Å². The first-order valence-electron chi connectivity index (χ1n) is 10.1. The average Bonchev–Trinajstić information content (AvgIpc) is 3.27. The van der Waals surface area contributed by atoms with Gasteiger partial charge in [-0.05, 0) is 59.8 Å². The van der Waals surface area contributed by atoms with Gasteiger partial charge in [0.2, 0.25) is 11.8 Å². The molecule has 33 heavy (non-hydrogen) atoms. The third-order valence-electron chi connectivity index (χ3n) is 5.10. The predicted molar refractivity (Wildman–Crippen MR) is 120 cm³/mol. The Kier molecular flexibility index (Phi) is 6.36. The van der Waals surface area contributed by atoms with Crippen molar-refractivity contribution in [1.29, 1.82) is 0 Å². The van der Waals surface area contributed by atoms with Gasteiger partial charge in [0, 0.05) is 31.5 Å². The van der Waals surface area contributed by atoms with Crippen LogP contribution < -0.4 is 10.2 Å². The van der Waals surface area contributed by atoms with Crippen molar-refractivity contribution in [3.8, 4) is 0 Å². The van der Waals surface area contributed by atoms with Crippen molar-refractivity contribution in [1.82, 2.24) is 10.2 Å². The monoisotopic (exact) mass is 467 g/mol. The molecule has 0 aromatic heterocycles. The van der Waals surface area contributed by atoms with Gasteiger partial charge in [-0.3, -0.25) is 33.8 Å². The highest BCUT2D eigenvalue weighted by molar-refractivity contribution is 8.18. The van der Waals surface area contributed by atoms with Crippen LogP contribution in [0.1, 0.15) is 28.8 Å². The minimum atomic E-state index is -0.479. The van der Waals surface area contributed by atoms with Gasteiger partial charge >= 0.3 is 0 Å². The third kappa shape index (κ3) is 4.85. The molecule has 2 heterocycles. The maximum Gasteiger partial charge on any atom is 0.293 e. The zero-order valence-electron chi connectivity index (χ0n) is 17.2. The van der Waals surface area contributed by atoms with E-state index in [0.29, 0.717) is 16.8 Å². The maximum atomic E-state index is 13.0. The summed E-state index contributed by atoms with van der Waals surface area (Å²) in [6.45, 7) is 0.0393. The fourth-order valence-corrected chi connectivity index (χ4v) is 4.28. The smallest absolute Gasteiger partial charge is 0.293 e. The van der Waals surface area contributed by atoms with Crippen molar-refractivity contribution in [3.05, 3.63) is 70.4 Å². The zero-order valence-corrected chi connectivity index (χ0v) is 18.1. The molecule has 0 radical (unpaired) electrons. The zero-order chi connectivity index (χ0) is 23.5. The fourth-order valence-electron chi connectivity index (χ4n) is 3.41. The van der Waals surface area contributed by atoms with Gasteiger partial charge in [-0.1, -0.05) is 12.1 Å². The molecular formula is C23H18FN3O5S. The number of carbonyl (C=O) groups is 5. The number of amides is 5. The summed E-state index contributed by atoms with van der Waals surface area (Å²) in [5, 5.41) is 2.19. The van der Waals surface area contributed by atoms with Crippen LogP contribution in [0.5, 0.6) is 0 Å². The summed E-state index contributed by atoms with van der Waals surface area (Å²) in [6.07, 6.45) is 1.86. The van der Waals surface area contributed by atoms with E-state index < -0.39 is 22.9 Å². The van der Waals surface area contributed by atoms with Gasteiger partial charge in [0.05, 0.1) is 10.6 Å². The minimum absolute atomic E-state index is 0.00791. The third-order valence-corrected chi connectivity index (χ3v) is 6.01. The molecule has 168 valence electrons. The Bertz CT molecular complexity index is 1160. The lowest BCUT2D eigenvalue weighted by molar-refractivity contribution is -0.123. The average molecular weight is 467 g/mol. The van der Waals surface area contributed by atoms with Crippen LogP contribution in [-0.4, -0.2) is 46.9 Å². The van der Waals surface area contributed by atoms with Crippen molar-refractivity contribution in [2.75, 3.05) is 18.0 Å².